The molecule has 0 aliphatic rings. The van der Waals surface area contributed by atoms with Crippen LogP contribution in [0.4, 0.5) is 0 Å². The van der Waals surface area contributed by atoms with Crippen LogP contribution in [0.5, 0.6) is 0 Å². The molecule has 3 aromatic rings. The van der Waals surface area contributed by atoms with Crippen LogP contribution in [0.25, 0.3) is 0 Å². The van der Waals surface area contributed by atoms with E-state index in [4.69, 9.17) is 11.6 Å². The minimum Gasteiger partial charge on any atom is -0.308 e. The fourth-order valence-corrected chi connectivity index (χ4v) is 4.99. The second-order valence-electron chi connectivity index (χ2n) is 5.83. The van der Waals surface area contributed by atoms with Gasteiger partial charge in [0, 0.05) is 12.4 Å². The van der Waals surface area contributed by atoms with Gasteiger partial charge >= 0.3 is 0 Å². The molecule has 0 saturated heterocycles. The Morgan fingerprint density at radius 1 is 0.640 bits per heavy atom. The maximum Gasteiger partial charge on any atom is 0.0350 e. The molecule has 0 spiro atoms. The van der Waals surface area contributed by atoms with E-state index >= 15 is 0 Å². The quantitative estimate of drug-likeness (QED) is 0.480. The van der Waals surface area contributed by atoms with Crippen LogP contribution in [0.2, 0.25) is 0 Å². The van der Waals surface area contributed by atoms with Crippen LogP contribution in [-0.4, -0.2) is 31.4 Å². The van der Waals surface area contributed by atoms with Crippen LogP contribution in [0.1, 0.15) is 0 Å². The molecule has 130 valence electrons. The molecule has 0 N–H and O–H groups in total. The number of hydrogen-bond donors (Lipinski definition) is 0. The van der Waals surface area contributed by atoms with Crippen molar-refractivity contribution in [2.45, 2.75) is 0 Å². The van der Waals surface area contributed by atoms with Crippen molar-refractivity contribution in [2.75, 3.05) is 26.5 Å². The SMILES string of the molecule is CN(C)CCCl.c1ccc(P(c2ccccc2)c2ccccc2)cc1. The molecular weight excluding hydrogens is 345 g/mol. The highest BCUT2D eigenvalue weighted by Gasteiger charge is 2.14. The fourth-order valence-electron chi connectivity index (χ4n) is 2.35. The van der Waals surface area contributed by atoms with Crippen LogP contribution in [0, 0.1) is 0 Å². The molecule has 0 aromatic heterocycles. The van der Waals surface area contributed by atoms with Crippen LogP contribution in [0.3, 0.4) is 0 Å². The van der Waals surface area contributed by atoms with Gasteiger partial charge < -0.3 is 4.90 Å². The molecule has 3 rings (SSSR count). The lowest BCUT2D eigenvalue weighted by Crippen LogP contribution is -2.20. The van der Waals surface area contributed by atoms with Gasteiger partial charge in [0.1, 0.15) is 0 Å². The molecule has 3 aromatic carbocycles. The first-order valence-corrected chi connectivity index (χ1v) is 10.3. The molecule has 3 heteroatoms. The maximum absolute atomic E-state index is 5.35. The molecule has 25 heavy (non-hydrogen) atoms. The van der Waals surface area contributed by atoms with Crippen molar-refractivity contribution >= 4 is 35.4 Å². The molecule has 0 saturated carbocycles. The summed E-state index contributed by atoms with van der Waals surface area (Å²) in [6.45, 7) is 0.974. The van der Waals surface area contributed by atoms with E-state index in [-0.39, 0.29) is 0 Å². The number of benzene rings is 3. The van der Waals surface area contributed by atoms with E-state index < -0.39 is 7.92 Å². The summed E-state index contributed by atoms with van der Waals surface area (Å²) in [6, 6.07) is 32.3. The zero-order valence-electron chi connectivity index (χ0n) is 14.8. The Bertz CT molecular complexity index is 608. The lowest BCUT2D eigenvalue weighted by molar-refractivity contribution is 0.436. The predicted octanol–water partition coefficient (Wildman–Crippen LogP) is 4.23. The van der Waals surface area contributed by atoms with Crippen LogP contribution < -0.4 is 15.9 Å². The standard InChI is InChI=1S/C18H15P.C4H10ClN/c1-4-10-16(11-5-1)19(17-12-6-2-7-13-17)18-14-8-3-9-15-18;1-6(2)4-3-5/h1-15H;3-4H2,1-2H3. The summed E-state index contributed by atoms with van der Waals surface area (Å²) in [5, 5.41) is 4.19. The third-order valence-corrected chi connectivity index (χ3v) is 6.19. The average Bonchev–Trinajstić information content (AvgIpc) is 2.65. The molecule has 0 amide bonds. The minimum atomic E-state index is -0.446. The van der Waals surface area contributed by atoms with Gasteiger partial charge in [-0.1, -0.05) is 91.0 Å². The van der Waals surface area contributed by atoms with Gasteiger partial charge in [0.25, 0.3) is 0 Å². The summed E-state index contributed by atoms with van der Waals surface area (Å²) >= 11 is 5.35. The molecule has 0 aliphatic carbocycles. The van der Waals surface area contributed by atoms with Crippen LogP contribution in [-0.2, 0) is 0 Å². The molecule has 0 unspecified atom stereocenters. The average molecular weight is 370 g/mol. The van der Waals surface area contributed by atoms with Gasteiger partial charge in [-0.3, -0.25) is 0 Å². The largest absolute Gasteiger partial charge is 0.308 e. The summed E-state index contributed by atoms with van der Waals surface area (Å²) in [5.74, 6) is 0.729. The van der Waals surface area contributed by atoms with E-state index in [1.54, 1.807) is 0 Å². The van der Waals surface area contributed by atoms with Gasteiger partial charge in [-0.15, -0.1) is 11.6 Å². The molecule has 1 nitrogen and oxygen atoms in total. The van der Waals surface area contributed by atoms with E-state index in [1.807, 2.05) is 19.0 Å². The lowest BCUT2D eigenvalue weighted by atomic mass is 10.4. The number of nitrogens with zero attached hydrogens (tertiary/aromatic N) is 1. The molecule has 0 heterocycles. The monoisotopic (exact) mass is 369 g/mol. The number of rotatable bonds is 5. The second kappa shape index (κ2) is 11.1. The zero-order valence-corrected chi connectivity index (χ0v) is 16.5. The Balaban J connectivity index is 0.000000326. The zero-order chi connectivity index (χ0) is 17.9. The highest BCUT2D eigenvalue weighted by Crippen LogP contribution is 2.32. The number of halogens is 1. The molecule has 0 bridgehead atoms. The Hall–Kier alpha value is -1.66. The first-order valence-electron chi connectivity index (χ1n) is 8.38. The highest BCUT2D eigenvalue weighted by molar-refractivity contribution is 7.79. The van der Waals surface area contributed by atoms with Crippen molar-refractivity contribution < 1.29 is 0 Å². The van der Waals surface area contributed by atoms with Crippen molar-refractivity contribution in [3.63, 3.8) is 0 Å². The lowest BCUT2D eigenvalue weighted by Gasteiger charge is -2.18. The molecular formula is C22H25ClNP. The van der Waals surface area contributed by atoms with Gasteiger partial charge in [0.2, 0.25) is 0 Å². The summed E-state index contributed by atoms with van der Waals surface area (Å²) in [6.07, 6.45) is 0. The van der Waals surface area contributed by atoms with Gasteiger partial charge in [0.05, 0.1) is 0 Å². The summed E-state index contributed by atoms with van der Waals surface area (Å²) in [7, 11) is 3.56. The molecule has 0 aliphatic heterocycles. The Morgan fingerprint density at radius 3 is 1.16 bits per heavy atom. The van der Waals surface area contributed by atoms with Crippen molar-refractivity contribution in [3.05, 3.63) is 91.0 Å². The normalized spacial score (nSPS) is 10.4. The van der Waals surface area contributed by atoms with Crippen molar-refractivity contribution in [3.8, 4) is 0 Å². The van der Waals surface area contributed by atoms with Crippen molar-refractivity contribution in [2.24, 2.45) is 0 Å². The molecule has 0 radical (unpaired) electrons. The van der Waals surface area contributed by atoms with Crippen LogP contribution in [0.15, 0.2) is 91.0 Å². The third kappa shape index (κ3) is 6.63. The summed E-state index contributed by atoms with van der Waals surface area (Å²) < 4.78 is 0. The predicted molar refractivity (Wildman–Crippen MR) is 114 cm³/mol. The third-order valence-electron chi connectivity index (χ3n) is 3.57. The first kappa shape index (κ1) is 19.7. The Kier molecular flexibility index (Phi) is 8.69. The summed E-state index contributed by atoms with van der Waals surface area (Å²) in [4.78, 5) is 2.05. The topological polar surface area (TPSA) is 3.24 Å². The van der Waals surface area contributed by atoms with Crippen molar-refractivity contribution in [1.29, 1.82) is 0 Å². The molecule has 0 atom stereocenters. The van der Waals surface area contributed by atoms with E-state index in [1.165, 1.54) is 15.9 Å². The van der Waals surface area contributed by atoms with E-state index in [9.17, 15) is 0 Å². The smallest absolute Gasteiger partial charge is 0.0350 e. The minimum absolute atomic E-state index is 0.446. The Labute approximate surface area is 158 Å². The maximum atomic E-state index is 5.35. The van der Waals surface area contributed by atoms with E-state index in [0.29, 0.717) is 0 Å². The van der Waals surface area contributed by atoms with E-state index in [0.717, 1.165) is 12.4 Å². The Morgan fingerprint density at radius 2 is 0.960 bits per heavy atom. The summed E-state index contributed by atoms with van der Waals surface area (Å²) in [5.41, 5.74) is 0. The highest BCUT2D eigenvalue weighted by atomic mass is 35.5. The number of alkyl halides is 1. The first-order chi connectivity index (χ1) is 12.2. The molecule has 0 fully saturated rings. The van der Waals surface area contributed by atoms with E-state index in [2.05, 4.69) is 91.0 Å². The van der Waals surface area contributed by atoms with Crippen LogP contribution >= 0.6 is 19.5 Å². The van der Waals surface area contributed by atoms with Gasteiger partial charge in [-0.25, -0.2) is 0 Å². The fraction of sp³-hybridized carbons (Fsp3) is 0.182. The van der Waals surface area contributed by atoms with Crippen molar-refractivity contribution in [1.82, 2.24) is 4.90 Å². The van der Waals surface area contributed by atoms with Gasteiger partial charge in [0.15, 0.2) is 0 Å². The van der Waals surface area contributed by atoms with Gasteiger partial charge in [-0.2, -0.15) is 0 Å². The second-order valence-corrected chi connectivity index (χ2v) is 8.43. The van der Waals surface area contributed by atoms with Gasteiger partial charge in [-0.05, 0) is 37.9 Å². The number of hydrogen-bond acceptors (Lipinski definition) is 1.